The highest BCUT2D eigenvalue weighted by Crippen LogP contribution is 2.26. The molecule has 7 heteroatoms. The molecule has 0 spiro atoms. The third-order valence-corrected chi connectivity index (χ3v) is 5.75. The SMILES string of the molecule is COc1ccccc1CN1CCCN(c2ccc(NC(=O)c3ccccc3Cl)cc2)C1=O. The number of methoxy groups -OCH3 is 1. The topological polar surface area (TPSA) is 61.9 Å². The van der Waals surface area contributed by atoms with Crippen molar-refractivity contribution in [2.75, 3.05) is 30.4 Å². The maximum Gasteiger partial charge on any atom is 0.324 e. The van der Waals surface area contributed by atoms with Gasteiger partial charge in [-0.1, -0.05) is 41.9 Å². The van der Waals surface area contributed by atoms with E-state index in [0.29, 0.717) is 35.9 Å². The van der Waals surface area contributed by atoms with Gasteiger partial charge < -0.3 is 15.0 Å². The van der Waals surface area contributed by atoms with Gasteiger partial charge in [-0.3, -0.25) is 9.69 Å². The van der Waals surface area contributed by atoms with E-state index in [0.717, 1.165) is 23.4 Å². The summed E-state index contributed by atoms with van der Waals surface area (Å²) in [6.45, 7) is 1.83. The first-order valence-electron chi connectivity index (χ1n) is 10.4. The van der Waals surface area contributed by atoms with Crippen LogP contribution in [-0.4, -0.2) is 37.0 Å². The molecule has 0 bridgehead atoms. The molecule has 0 unspecified atom stereocenters. The van der Waals surface area contributed by atoms with Gasteiger partial charge in [0, 0.05) is 30.0 Å². The second-order valence-electron chi connectivity index (χ2n) is 7.50. The average Bonchev–Trinajstić information content (AvgIpc) is 2.81. The quantitative estimate of drug-likeness (QED) is 0.545. The van der Waals surface area contributed by atoms with Crippen LogP contribution >= 0.6 is 11.6 Å². The molecular formula is C25H24ClN3O3. The minimum Gasteiger partial charge on any atom is -0.496 e. The standard InChI is InChI=1S/C25H24ClN3O3/c1-32-23-10-5-2-7-18(23)17-28-15-6-16-29(25(28)31)20-13-11-19(12-14-20)27-24(30)21-8-3-4-9-22(21)26/h2-5,7-14H,6,15-17H2,1H3,(H,27,30). The molecule has 0 saturated carbocycles. The van der Waals surface area contributed by atoms with Crippen molar-refractivity contribution in [3.05, 3.63) is 88.9 Å². The Labute approximate surface area is 192 Å². The predicted molar refractivity (Wildman–Crippen MR) is 127 cm³/mol. The van der Waals surface area contributed by atoms with E-state index < -0.39 is 0 Å². The molecule has 1 fully saturated rings. The van der Waals surface area contributed by atoms with Crippen molar-refractivity contribution in [3.8, 4) is 5.75 Å². The first-order chi connectivity index (χ1) is 15.6. The minimum atomic E-state index is -0.277. The Balaban J connectivity index is 1.44. The Hall–Kier alpha value is -3.51. The van der Waals surface area contributed by atoms with Crippen LogP contribution in [0.25, 0.3) is 0 Å². The predicted octanol–water partition coefficient (Wildman–Crippen LogP) is 5.43. The third kappa shape index (κ3) is 4.70. The molecule has 1 aliphatic rings. The Kier molecular flexibility index (Phi) is 6.61. The number of anilines is 2. The van der Waals surface area contributed by atoms with E-state index in [1.807, 2.05) is 41.3 Å². The van der Waals surface area contributed by atoms with Gasteiger partial charge in [0.2, 0.25) is 0 Å². The lowest BCUT2D eigenvalue weighted by atomic mass is 10.1. The molecule has 3 aromatic rings. The molecule has 0 aromatic heterocycles. The highest BCUT2D eigenvalue weighted by atomic mass is 35.5. The fourth-order valence-electron chi connectivity index (χ4n) is 3.78. The first-order valence-corrected chi connectivity index (χ1v) is 10.8. The van der Waals surface area contributed by atoms with Gasteiger partial charge in [0.05, 0.1) is 24.2 Å². The molecule has 4 rings (SSSR count). The third-order valence-electron chi connectivity index (χ3n) is 5.42. The number of carbonyl (C=O) groups excluding carboxylic acids is 2. The highest BCUT2D eigenvalue weighted by molar-refractivity contribution is 6.34. The number of benzene rings is 3. The number of amides is 3. The summed E-state index contributed by atoms with van der Waals surface area (Å²) in [4.78, 5) is 29.2. The van der Waals surface area contributed by atoms with Crippen LogP contribution in [0, 0.1) is 0 Å². The lowest BCUT2D eigenvalue weighted by Gasteiger charge is -2.36. The zero-order valence-electron chi connectivity index (χ0n) is 17.8. The zero-order chi connectivity index (χ0) is 22.5. The van der Waals surface area contributed by atoms with Crippen LogP contribution in [0.5, 0.6) is 5.75 Å². The van der Waals surface area contributed by atoms with Crippen molar-refractivity contribution >= 4 is 34.9 Å². The number of nitrogens with zero attached hydrogens (tertiary/aromatic N) is 2. The van der Waals surface area contributed by atoms with Gasteiger partial charge in [0.15, 0.2) is 0 Å². The maximum atomic E-state index is 13.1. The molecule has 1 saturated heterocycles. The largest absolute Gasteiger partial charge is 0.496 e. The Morgan fingerprint density at radius 1 is 1.00 bits per heavy atom. The van der Waals surface area contributed by atoms with Gasteiger partial charge >= 0.3 is 6.03 Å². The van der Waals surface area contributed by atoms with Gasteiger partial charge in [-0.05, 0) is 48.9 Å². The zero-order valence-corrected chi connectivity index (χ0v) is 18.5. The van der Waals surface area contributed by atoms with Gasteiger partial charge in [-0.15, -0.1) is 0 Å². The van der Waals surface area contributed by atoms with E-state index in [9.17, 15) is 9.59 Å². The number of para-hydroxylation sites is 1. The summed E-state index contributed by atoms with van der Waals surface area (Å²) >= 11 is 6.10. The summed E-state index contributed by atoms with van der Waals surface area (Å²) in [7, 11) is 1.63. The van der Waals surface area contributed by atoms with Gasteiger partial charge in [-0.25, -0.2) is 4.79 Å². The van der Waals surface area contributed by atoms with Gasteiger partial charge in [0.1, 0.15) is 5.75 Å². The van der Waals surface area contributed by atoms with Crippen LogP contribution in [0.4, 0.5) is 16.2 Å². The summed E-state index contributed by atoms with van der Waals surface area (Å²) < 4.78 is 5.42. The number of halogens is 1. The van der Waals surface area contributed by atoms with Crippen LogP contribution < -0.4 is 15.0 Å². The molecule has 3 aromatic carbocycles. The van der Waals surface area contributed by atoms with E-state index in [4.69, 9.17) is 16.3 Å². The van der Waals surface area contributed by atoms with Crippen molar-refractivity contribution in [3.63, 3.8) is 0 Å². The summed E-state index contributed by atoms with van der Waals surface area (Å²) in [6.07, 6.45) is 0.867. The van der Waals surface area contributed by atoms with Crippen LogP contribution in [0.1, 0.15) is 22.3 Å². The molecule has 0 atom stereocenters. The lowest BCUT2D eigenvalue weighted by Crippen LogP contribution is -2.49. The summed E-state index contributed by atoms with van der Waals surface area (Å²) in [5.41, 5.74) is 2.81. The summed E-state index contributed by atoms with van der Waals surface area (Å²) in [5, 5.41) is 3.24. The van der Waals surface area contributed by atoms with Gasteiger partial charge in [-0.2, -0.15) is 0 Å². The molecule has 0 radical (unpaired) electrons. The van der Waals surface area contributed by atoms with Crippen molar-refractivity contribution in [1.29, 1.82) is 0 Å². The number of hydrogen-bond acceptors (Lipinski definition) is 3. The number of hydrogen-bond donors (Lipinski definition) is 1. The first kappa shape index (κ1) is 21.7. The molecule has 3 amide bonds. The van der Waals surface area contributed by atoms with Crippen molar-refractivity contribution in [2.45, 2.75) is 13.0 Å². The van der Waals surface area contributed by atoms with Gasteiger partial charge in [0.25, 0.3) is 5.91 Å². The van der Waals surface area contributed by atoms with E-state index in [1.165, 1.54) is 0 Å². The maximum absolute atomic E-state index is 13.1. The molecule has 32 heavy (non-hydrogen) atoms. The minimum absolute atomic E-state index is 0.0463. The molecular weight excluding hydrogens is 426 g/mol. The number of carbonyl (C=O) groups is 2. The second kappa shape index (κ2) is 9.75. The molecule has 164 valence electrons. The monoisotopic (exact) mass is 449 g/mol. The number of ether oxygens (including phenoxy) is 1. The Morgan fingerprint density at radius 3 is 2.47 bits per heavy atom. The molecule has 6 nitrogen and oxygen atoms in total. The average molecular weight is 450 g/mol. The second-order valence-corrected chi connectivity index (χ2v) is 7.91. The Bertz CT molecular complexity index is 1120. The van der Waals surface area contributed by atoms with Crippen molar-refractivity contribution in [1.82, 2.24) is 4.90 Å². The smallest absolute Gasteiger partial charge is 0.324 e. The fourth-order valence-corrected chi connectivity index (χ4v) is 4.00. The van der Waals surface area contributed by atoms with E-state index in [-0.39, 0.29) is 11.9 Å². The number of nitrogens with one attached hydrogen (secondary N) is 1. The fraction of sp³-hybridized carbons (Fsp3) is 0.200. The van der Waals surface area contributed by atoms with Crippen LogP contribution in [0.15, 0.2) is 72.8 Å². The van der Waals surface area contributed by atoms with Crippen LogP contribution in [0.2, 0.25) is 5.02 Å². The number of urea groups is 1. The molecule has 1 N–H and O–H groups in total. The highest BCUT2D eigenvalue weighted by Gasteiger charge is 2.27. The molecule has 1 aliphatic heterocycles. The Morgan fingerprint density at radius 2 is 1.72 bits per heavy atom. The normalized spacial score (nSPS) is 13.8. The summed E-state index contributed by atoms with van der Waals surface area (Å²) in [5.74, 6) is 0.497. The van der Waals surface area contributed by atoms with E-state index in [1.54, 1.807) is 48.4 Å². The van der Waals surface area contributed by atoms with Crippen LogP contribution in [-0.2, 0) is 6.54 Å². The van der Waals surface area contributed by atoms with E-state index >= 15 is 0 Å². The molecule has 1 heterocycles. The number of rotatable bonds is 6. The van der Waals surface area contributed by atoms with E-state index in [2.05, 4.69) is 5.32 Å². The summed E-state index contributed by atoms with van der Waals surface area (Å²) in [6, 6.07) is 21.8. The van der Waals surface area contributed by atoms with Crippen molar-refractivity contribution in [2.24, 2.45) is 0 Å². The lowest BCUT2D eigenvalue weighted by molar-refractivity contribution is 0.102. The van der Waals surface area contributed by atoms with Crippen molar-refractivity contribution < 1.29 is 14.3 Å². The molecule has 0 aliphatic carbocycles. The van der Waals surface area contributed by atoms with Crippen LogP contribution in [0.3, 0.4) is 0 Å².